The zero-order valence-corrected chi connectivity index (χ0v) is 9.93. The van der Waals surface area contributed by atoms with E-state index < -0.39 is 5.97 Å². The topological polar surface area (TPSA) is 46.1 Å². The number of carbonyl (C=O) groups is 1. The molecule has 90 valence electrons. The van der Waals surface area contributed by atoms with Crippen LogP contribution >= 0.6 is 0 Å². The van der Waals surface area contributed by atoms with Crippen LogP contribution in [0.25, 0.3) is 0 Å². The number of hydrogen-bond acceptors (Lipinski definition) is 1. The van der Waals surface area contributed by atoms with Crippen molar-refractivity contribution in [3.05, 3.63) is 18.7 Å². The SMILES string of the molecule is CCCCn1cc[n+](CCCCC(=O)O)c1. The molecule has 4 nitrogen and oxygen atoms in total. The Hall–Kier alpha value is -1.32. The van der Waals surface area contributed by atoms with Gasteiger partial charge in [0, 0.05) is 6.42 Å². The molecular weight excluding hydrogens is 204 g/mol. The molecule has 0 saturated heterocycles. The predicted molar refractivity (Wildman–Crippen MR) is 61.0 cm³/mol. The Kier molecular flexibility index (Phi) is 5.61. The van der Waals surface area contributed by atoms with Crippen LogP contribution in [-0.2, 0) is 17.9 Å². The van der Waals surface area contributed by atoms with Crippen LogP contribution in [0.15, 0.2) is 18.7 Å². The van der Waals surface area contributed by atoms with E-state index >= 15 is 0 Å². The van der Waals surface area contributed by atoms with E-state index in [1.165, 1.54) is 12.8 Å². The van der Waals surface area contributed by atoms with Crippen molar-refractivity contribution in [2.45, 2.75) is 52.1 Å². The maximum absolute atomic E-state index is 10.3. The number of nitrogens with zero attached hydrogens (tertiary/aromatic N) is 2. The second kappa shape index (κ2) is 7.04. The maximum atomic E-state index is 10.3. The third-order valence-electron chi connectivity index (χ3n) is 2.57. The minimum absolute atomic E-state index is 0.275. The van der Waals surface area contributed by atoms with E-state index in [4.69, 9.17) is 5.11 Å². The Labute approximate surface area is 96.5 Å². The van der Waals surface area contributed by atoms with Crippen LogP contribution in [-0.4, -0.2) is 15.6 Å². The summed E-state index contributed by atoms with van der Waals surface area (Å²) in [6, 6.07) is 0. The van der Waals surface area contributed by atoms with Crippen LogP contribution in [0.5, 0.6) is 0 Å². The highest BCUT2D eigenvalue weighted by Gasteiger charge is 2.03. The molecule has 4 heteroatoms. The fourth-order valence-corrected chi connectivity index (χ4v) is 1.61. The van der Waals surface area contributed by atoms with E-state index in [0.29, 0.717) is 0 Å². The fraction of sp³-hybridized carbons (Fsp3) is 0.667. The lowest BCUT2D eigenvalue weighted by Crippen LogP contribution is -2.30. The van der Waals surface area contributed by atoms with Crippen LogP contribution in [0.4, 0.5) is 0 Å². The molecule has 0 aliphatic rings. The number of imidazole rings is 1. The van der Waals surface area contributed by atoms with E-state index in [1.54, 1.807) is 0 Å². The van der Waals surface area contributed by atoms with Crippen molar-refractivity contribution in [1.82, 2.24) is 4.57 Å². The first kappa shape index (κ1) is 12.7. The Bertz CT molecular complexity index is 321. The van der Waals surface area contributed by atoms with Gasteiger partial charge in [0.1, 0.15) is 12.4 Å². The molecule has 0 aliphatic heterocycles. The minimum atomic E-state index is -0.703. The van der Waals surface area contributed by atoms with Gasteiger partial charge in [-0.3, -0.25) is 4.79 Å². The molecule has 0 amide bonds. The quantitative estimate of drug-likeness (QED) is 0.542. The highest BCUT2D eigenvalue weighted by Crippen LogP contribution is 1.96. The van der Waals surface area contributed by atoms with Crippen molar-refractivity contribution in [1.29, 1.82) is 0 Å². The molecule has 0 atom stereocenters. The van der Waals surface area contributed by atoms with E-state index in [0.717, 1.165) is 25.9 Å². The molecule has 1 rings (SSSR count). The summed E-state index contributed by atoms with van der Waals surface area (Å²) in [6.45, 7) is 4.16. The van der Waals surface area contributed by atoms with E-state index in [2.05, 4.69) is 34.8 Å². The zero-order chi connectivity index (χ0) is 11.8. The van der Waals surface area contributed by atoms with E-state index in [1.807, 2.05) is 0 Å². The lowest BCUT2D eigenvalue weighted by Gasteiger charge is -1.95. The van der Waals surface area contributed by atoms with E-state index in [-0.39, 0.29) is 6.42 Å². The molecule has 0 radical (unpaired) electrons. The van der Waals surface area contributed by atoms with Gasteiger partial charge in [0.15, 0.2) is 0 Å². The average Bonchev–Trinajstić information content (AvgIpc) is 2.69. The molecule has 16 heavy (non-hydrogen) atoms. The van der Waals surface area contributed by atoms with Crippen molar-refractivity contribution in [3.63, 3.8) is 0 Å². The largest absolute Gasteiger partial charge is 0.481 e. The smallest absolute Gasteiger partial charge is 0.303 e. The van der Waals surface area contributed by atoms with Crippen LogP contribution in [0.2, 0.25) is 0 Å². The van der Waals surface area contributed by atoms with Gasteiger partial charge in [-0.25, -0.2) is 9.13 Å². The Balaban J connectivity index is 2.21. The Morgan fingerprint density at radius 3 is 2.88 bits per heavy atom. The first-order chi connectivity index (χ1) is 7.72. The van der Waals surface area contributed by atoms with Crippen molar-refractivity contribution >= 4 is 5.97 Å². The maximum Gasteiger partial charge on any atom is 0.303 e. The average molecular weight is 225 g/mol. The van der Waals surface area contributed by atoms with Crippen LogP contribution in [0.1, 0.15) is 39.0 Å². The molecule has 0 fully saturated rings. The van der Waals surface area contributed by atoms with Gasteiger partial charge in [0.2, 0.25) is 6.33 Å². The lowest BCUT2D eigenvalue weighted by atomic mass is 10.2. The fourth-order valence-electron chi connectivity index (χ4n) is 1.61. The number of hydrogen-bond donors (Lipinski definition) is 1. The van der Waals surface area contributed by atoms with Gasteiger partial charge in [-0.2, -0.15) is 0 Å². The number of carboxylic acid groups (broad SMARTS) is 1. The molecule has 1 heterocycles. The predicted octanol–water partition coefficient (Wildman–Crippen LogP) is 1.83. The first-order valence-corrected chi connectivity index (χ1v) is 5.99. The number of aromatic nitrogens is 2. The molecule has 0 aliphatic carbocycles. The molecule has 0 spiro atoms. The summed E-state index contributed by atoms with van der Waals surface area (Å²) in [5.41, 5.74) is 0. The number of rotatable bonds is 8. The van der Waals surface area contributed by atoms with Gasteiger partial charge in [-0.05, 0) is 19.3 Å². The highest BCUT2D eigenvalue weighted by atomic mass is 16.4. The third kappa shape index (κ3) is 4.96. The summed E-state index contributed by atoms with van der Waals surface area (Å²) in [5, 5.41) is 8.50. The summed E-state index contributed by atoms with van der Waals surface area (Å²) in [4.78, 5) is 10.3. The lowest BCUT2D eigenvalue weighted by molar-refractivity contribution is -0.696. The summed E-state index contributed by atoms with van der Waals surface area (Å²) >= 11 is 0. The summed E-state index contributed by atoms with van der Waals surface area (Å²) in [5.74, 6) is -0.703. The third-order valence-corrected chi connectivity index (χ3v) is 2.57. The van der Waals surface area contributed by atoms with E-state index in [9.17, 15) is 4.79 Å². The molecule has 0 aromatic carbocycles. The Morgan fingerprint density at radius 1 is 1.38 bits per heavy atom. The van der Waals surface area contributed by atoms with Crippen molar-refractivity contribution < 1.29 is 14.5 Å². The number of aliphatic carboxylic acids is 1. The van der Waals surface area contributed by atoms with Gasteiger partial charge in [0.05, 0.1) is 13.1 Å². The number of aryl methyl sites for hydroxylation is 2. The highest BCUT2D eigenvalue weighted by molar-refractivity contribution is 5.66. The van der Waals surface area contributed by atoms with Gasteiger partial charge >= 0.3 is 5.97 Å². The minimum Gasteiger partial charge on any atom is -0.481 e. The second-order valence-electron chi connectivity index (χ2n) is 4.09. The van der Waals surface area contributed by atoms with Crippen molar-refractivity contribution in [2.24, 2.45) is 0 Å². The number of carboxylic acids is 1. The van der Waals surface area contributed by atoms with Gasteiger partial charge in [0.25, 0.3) is 0 Å². The molecular formula is C12H21N2O2+. The molecule has 0 saturated carbocycles. The summed E-state index contributed by atoms with van der Waals surface area (Å²) in [7, 11) is 0. The first-order valence-electron chi connectivity index (χ1n) is 5.99. The normalized spacial score (nSPS) is 10.6. The van der Waals surface area contributed by atoms with Crippen LogP contribution in [0, 0.1) is 0 Å². The molecule has 0 unspecified atom stereocenters. The second-order valence-corrected chi connectivity index (χ2v) is 4.09. The Morgan fingerprint density at radius 2 is 2.19 bits per heavy atom. The number of unbranched alkanes of at least 4 members (excludes halogenated alkanes) is 2. The van der Waals surface area contributed by atoms with Crippen molar-refractivity contribution in [2.75, 3.05) is 0 Å². The van der Waals surface area contributed by atoms with Gasteiger partial charge in [-0.15, -0.1) is 0 Å². The van der Waals surface area contributed by atoms with Gasteiger partial charge in [-0.1, -0.05) is 13.3 Å². The summed E-state index contributed by atoms with van der Waals surface area (Å²) in [6.07, 6.45) is 10.6. The molecule has 0 bridgehead atoms. The standard InChI is InChI=1S/C12H20N2O2/c1-2-3-7-13-9-10-14(11-13)8-5-4-6-12(15)16/h9-11H,2-8H2,1H3/p+1. The van der Waals surface area contributed by atoms with Crippen LogP contribution in [0.3, 0.4) is 0 Å². The summed E-state index contributed by atoms with van der Waals surface area (Å²) < 4.78 is 4.30. The monoisotopic (exact) mass is 225 g/mol. The van der Waals surface area contributed by atoms with Crippen molar-refractivity contribution in [3.8, 4) is 0 Å². The molecule has 1 aromatic rings. The zero-order valence-electron chi connectivity index (χ0n) is 9.93. The van der Waals surface area contributed by atoms with Gasteiger partial charge < -0.3 is 5.11 Å². The molecule has 1 N–H and O–H groups in total. The molecule has 1 aromatic heterocycles. The van der Waals surface area contributed by atoms with Crippen LogP contribution < -0.4 is 4.57 Å².